The molecule has 15 heavy (non-hydrogen) atoms. The summed E-state index contributed by atoms with van der Waals surface area (Å²) in [6.45, 7) is -0.757. The van der Waals surface area contributed by atoms with Gasteiger partial charge >= 0.3 is 0 Å². The highest BCUT2D eigenvalue weighted by molar-refractivity contribution is 6.38. The van der Waals surface area contributed by atoms with Gasteiger partial charge in [0.25, 0.3) is 0 Å². The monoisotopic (exact) mass is 208 g/mol. The first-order valence-electron chi connectivity index (χ1n) is 4.52. The molecule has 4 nitrogen and oxygen atoms in total. The van der Waals surface area contributed by atoms with E-state index in [1.165, 1.54) is 0 Å². The predicted octanol–water partition coefficient (Wildman–Crippen LogP) is 0.334. The van der Waals surface area contributed by atoms with E-state index >= 15 is 0 Å². The average Bonchev–Trinajstić information content (AvgIpc) is 2.29. The van der Waals surface area contributed by atoms with Gasteiger partial charge in [-0.05, 0) is 5.56 Å². The molecular formula is C11H12O4. The number of hydrogen-bond donors (Lipinski definition) is 1. The lowest BCUT2D eigenvalue weighted by atomic mass is 10.2. The second-order valence-corrected chi connectivity index (χ2v) is 2.98. The van der Waals surface area contributed by atoms with E-state index in [0.29, 0.717) is 0 Å². The summed E-state index contributed by atoms with van der Waals surface area (Å²) in [5.41, 5.74) is 0.932. The quantitative estimate of drug-likeness (QED) is 0.684. The van der Waals surface area contributed by atoms with Gasteiger partial charge in [-0.1, -0.05) is 30.3 Å². The Bertz CT molecular complexity index is 332. The minimum absolute atomic E-state index is 0.283. The van der Waals surface area contributed by atoms with Gasteiger partial charge in [0.15, 0.2) is 0 Å². The molecule has 0 aromatic heterocycles. The van der Waals surface area contributed by atoms with E-state index in [1.807, 2.05) is 30.3 Å². The Kier molecular flexibility index (Phi) is 4.66. The molecule has 0 unspecified atom stereocenters. The van der Waals surface area contributed by atoms with E-state index in [4.69, 9.17) is 9.84 Å². The Labute approximate surface area is 87.5 Å². The van der Waals surface area contributed by atoms with Crippen molar-refractivity contribution >= 4 is 11.6 Å². The zero-order valence-corrected chi connectivity index (χ0v) is 8.18. The average molecular weight is 208 g/mol. The molecule has 0 fully saturated rings. The molecule has 4 heteroatoms. The smallest absolute Gasteiger partial charge is 0.226 e. The minimum Gasteiger partial charge on any atom is -0.388 e. The van der Waals surface area contributed by atoms with Crippen LogP contribution in [0.4, 0.5) is 0 Å². The molecule has 0 spiro atoms. The normalized spacial score (nSPS) is 9.93. The fourth-order valence-corrected chi connectivity index (χ4v) is 1.00. The molecule has 0 aliphatic rings. The van der Waals surface area contributed by atoms with E-state index < -0.39 is 18.2 Å². The summed E-state index contributed by atoms with van der Waals surface area (Å²) in [4.78, 5) is 21.6. The number of ketones is 2. The second kappa shape index (κ2) is 6.06. The Morgan fingerprint density at radius 1 is 1.13 bits per heavy atom. The van der Waals surface area contributed by atoms with Crippen LogP contribution >= 0.6 is 0 Å². The van der Waals surface area contributed by atoms with Gasteiger partial charge in [-0.25, -0.2) is 0 Å². The van der Waals surface area contributed by atoms with Crippen molar-refractivity contribution in [1.82, 2.24) is 0 Å². The van der Waals surface area contributed by atoms with Gasteiger partial charge in [0, 0.05) is 0 Å². The minimum atomic E-state index is -0.817. The van der Waals surface area contributed by atoms with Gasteiger partial charge in [0.1, 0.15) is 13.2 Å². The highest BCUT2D eigenvalue weighted by Crippen LogP contribution is 2.00. The third kappa shape index (κ3) is 4.01. The van der Waals surface area contributed by atoms with Crippen molar-refractivity contribution in [2.45, 2.75) is 6.61 Å². The number of rotatable bonds is 6. The molecule has 0 amide bonds. The molecule has 1 N–H and O–H groups in total. The summed E-state index contributed by atoms with van der Waals surface area (Å²) >= 11 is 0. The van der Waals surface area contributed by atoms with Crippen LogP contribution in [0.25, 0.3) is 0 Å². The van der Waals surface area contributed by atoms with Crippen LogP contribution in [0, 0.1) is 0 Å². The molecule has 1 aromatic rings. The van der Waals surface area contributed by atoms with Crippen molar-refractivity contribution in [3.05, 3.63) is 35.9 Å². The summed E-state index contributed by atoms with van der Waals surface area (Å²) in [5, 5.41) is 8.40. The number of carbonyl (C=O) groups excluding carboxylic acids is 2. The summed E-state index contributed by atoms with van der Waals surface area (Å²) in [7, 11) is 0. The molecular weight excluding hydrogens is 196 g/mol. The molecule has 0 saturated carbocycles. The summed E-state index contributed by atoms with van der Waals surface area (Å²) < 4.78 is 5.02. The van der Waals surface area contributed by atoms with Crippen LogP contribution in [-0.2, 0) is 20.9 Å². The Hall–Kier alpha value is -1.52. The van der Waals surface area contributed by atoms with Crippen molar-refractivity contribution in [3.63, 3.8) is 0 Å². The second-order valence-electron chi connectivity index (χ2n) is 2.98. The van der Waals surface area contributed by atoms with Crippen molar-refractivity contribution in [1.29, 1.82) is 0 Å². The number of aliphatic hydroxyl groups excluding tert-OH is 1. The van der Waals surface area contributed by atoms with Crippen LogP contribution in [0.1, 0.15) is 5.56 Å². The standard InChI is InChI=1S/C11H12O4/c12-6-10(13)11(14)8-15-7-9-4-2-1-3-5-9/h1-5,12H,6-8H2. The summed E-state index contributed by atoms with van der Waals surface area (Å²) in [5.74, 6) is -1.52. The maximum Gasteiger partial charge on any atom is 0.226 e. The third-order valence-electron chi connectivity index (χ3n) is 1.80. The molecule has 0 bridgehead atoms. The zero-order chi connectivity index (χ0) is 11.1. The summed E-state index contributed by atoms with van der Waals surface area (Å²) in [6.07, 6.45) is 0. The molecule has 1 aromatic carbocycles. The number of carbonyl (C=O) groups is 2. The molecule has 0 radical (unpaired) electrons. The van der Waals surface area contributed by atoms with E-state index in [-0.39, 0.29) is 13.2 Å². The van der Waals surface area contributed by atoms with Crippen LogP contribution in [0.3, 0.4) is 0 Å². The van der Waals surface area contributed by atoms with Crippen LogP contribution in [-0.4, -0.2) is 29.9 Å². The molecule has 0 aliphatic carbocycles. The zero-order valence-electron chi connectivity index (χ0n) is 8.18. The number of Topliss-reactive ketones (excluding diaryl/α,β-unsaturated/α-hetero) is 2. The van der Waals surface area contributed by atoms with Crippen LogP contribution in [0.15, 0.2) is 30.3 Å². The van der Waals surface area contributed by atoms with Crippen molar-refractivity contribution in [3.8, 4) is 0 Å². The molecule has 0 aliphatic heterocycles. The lowest BCUT2D eigenvalue weighted by Gasteiger charge is -2.02. The highest BCUT2D eigenvalue weighted by Gasteiger charge is 2.11. The largest absolute Gasteiger partial charge is 0.388 e. The maximum absolute atomic E-state index is 10.9. The topological polar surface area (TPSA) is 63.6 Å². The lowest BCUT2D eigenvalue weighted by Crippen LogP contribution is -2.22. The van der Waals surface area contributed by atoms with E-state index in [1.54, 1.807) is 0 Å². The van der Waals surface area contributed by atoms with E-state index in [9.17, 15) is 9.59 Å². The van der Waals surface area contributed by atoms with Gasteiger partial charge in [-0.15, -0.1) is 0 Å². The van der Waals surface area contributed by atoms with Gasteiger partial charge in [-0.3, -0.25) is 9.59 Å². The fourth-order valence-electron chi connectivity index (χ4n) is 1.00. The molecule has 1 rings (SSSR count). The third-order valence-corrected chi connectivity index (χ3v) is 1.80. The van der Waals surface area contributed by atoms with E-state index in [0.717, 1.165) is 5.56 Å². The van der Waals surface area contributed by atoms with Crippen LogP contribution < -0.4 is 0 Å². The van der Waals surface area contributed by atoms with Crippen molar-refractivity contribution < 1.29 is 19.4 Å². The van der Waals surface area contributed by atoms with Crippen LogP contribution in [0.5, 0.6) is 0 Å². The lowest BCUT2D eigenvalue weighted by molar-refractivity contribution is -0.141. The van der Waals surface area contributed by atoms with Crippen LogP contribution in [0.2, 0.25) is 0 Å². The first kappa shape index (κ1) is 11.6. The molecule has 0 atom stereocenters. The maximum atomic E-state index is 10.9. The van der Waals surface area contributed by atoms with Gasteiger partial charge < -0.3 is 9.84 Å². The number of benzene rings is 1. The molecule has 0 heterocycles. The van der Waals surface area contributed by atoms with Crippen molar-refractivity contribution in [2.75, 3.05) is 13.2 Å². The summed E-state index contributed by atoms with van der Waals surface area (Å²) in [6, 6.07) is 9.32. The van der Waals surface area contributed by atoms with E-state index in [2.05, 4.69) is 0 Å². The number of hydrogen-bond acceptors (Lipinski definition) is 4. The molecule has 80 valence electrons. The first-order valence-corrected chi connectivity index (χ1v) is 4.52. The number of aliphatic hydroxyl groups is 1. The highest BCUT2D eigenvalue weighted by atomic mass is 16.5. The fraction of sp³-hybridized carbons (Fsp3) is 0.273. The Morgan fingerprint density at radius 2 is 1.80 bits per heavy atom. The van der Waals surface area contributed by atoms with Crippen molar-refractivity contribution in [2.24, 2.45) is 0 Å². The SMILES string of the molecule is O=C(CO)C(=O)COCc1ccccc1. The van der Waals surface area contributed by atoms with Gasteiger partial charge in [0.2, 0.25) is 11.6 Å². The molecule has 0 saturated heterocycles. The van der Waals surface area contributed by atoms with Gasteiger partial charge in [-0.2, -0.15) is 0 Å². The Morgan fingerprint density at radius 3 is 2.40 bits per heavy atom. The number of ether oxygens (including phenoxy) is 1. The van der Waals surface area contributed by atoms with Gasteiger partial charge in [0.05, 0.1) is 6.61 Å². The Balaban J connectivity index is 2.28. The first-order chi connectivity index (χ1) is 7.24. The predicted molar refractivity (Wildman–Crippen MR) is 53.2 cm³/mol.